The number of aromatic nitrogens is 3. The van der Waals surface area contributed by atoms with Gasteiger partial charge in [0.1, 0.15) is 6.07 Å². The van der Waals surface area contributed by atoms with Crippen molar-refractivity contribution >= 4 is 71.1 Å². The first-order chi connectivity index (χ1) is 27.2. The minimum atomic E-state index is 0.577. The van der Waals surface area contributed by atoms with Crippen LogP contribution in [-0.4, -0.2) is 13.7 Å². The smallest absolute Gasteiger partial charge is 0.197 e. The number of hydrogen-bond donors (Lipinski definition) is 0. The highest BCUT2D eigenvalue weighted by atomic mass is 15.0. The van der Waals surface area contributed by atoms with Crippen LogP contribution in [0.25, 0.3) is 98.5 Å². The highest BCUT2D eigenvalue weighted by Gasteiger charge is 2.20. The van der Waals surface area contributed by atoms with Gasteiger partial charge in [-0.2, -0.15) is 5.26 Å². The molecule has 0 saturated carbocycles. The number of benzene rings is 8. The van der Waals surface area contributed by atoms with Crippen molar-refractivity contribution in [1.29, 1.82) is 5.26 Å². The summed E-state index contributed by atoms with van der Waals surface area (Å²) < 4.78 is 6.83. The fourth-order valence-corrected chi connectivity index (χ4v) is 8.83. The number of para-hydroxylation sites is 4. The summed E-state index contributed by atoms with van der Waals surface area (Å²) in [5.74, 6) is 0. The minimum Gasteiger partial charge on any atom is -0.309 e. The average molecular weight is 700 g/mol. The van der Waals surface area contributed by atoms with Crippen molar-refractivity contribution in [2.24, 2.45) is 0 Å². The van der Waals surface area contributed by atoms with Crippen LogP contribution in [0.5, 0.6) is 0 Å². The maximum atomic E-state index is 10.9. The highest BCUT2D eigenvalue weighted by molar-refractivity contribution is 6.16. The van der Waals surface area contributed by atoms with Crippen LogP contribution in [0.1, 0.15) is 5.56 Å². The molecule has 3 aromatic heterocycles. The average Bonchev–Trinajstić information content (AvgIpc) is 3.89. The Kier molecular flexibility index (Phi) is 6.61. The zero-order valence-corrected chi connectivity index (χ0v) is 29.5. The van der Waals surface area contributed by atoms with Gasteiger partial charge in [0.05, 0.1) is 45.4 Å². The van der Waals surface area contributed by atoms with Crippen molar-refractivity contribution in [1.82, 2.24) is 13.7 Å². The maximum absolute atomic E-state index is 10.9. The normalized spacial score (nSPS) is 11.6. The molecule has 0 radical (unpaired) electrons. The predicted octanol–water partition coefficient (Wildman–Crippen LogP) is 13.1. The van der Waals surface area contributed by atoms with Gasteiger partial charge in [-0.1, -0.05) is 109 Å². The van der Waals surface area contributed by atoms with E-state index in [4.69, 9.17) is 6.57 Å². The first-order valence-corrected chi connectivity index (χ1v) is 18.3. The van der Waals surface area contributed by atoms with Gasteiger partial charge in [-0.25, -0.2) is 4.85 Å². The van der Waals surface area contributed by atoms with Crippen LogP contribution in [-0.2, 0) is 0 Å². The van der Waals surface area contributed by atoms with Gasteiger partial charge < -0.3 is 13.7 Å². The third kappa shape index (κ3) is 4.39. The van der Waals surface area contributed by atoms with Gasteiger partial charge in [0, 0.05) is 49.4 Å². The van der Waals surface area contributed by atoms with Crippen LogP contribution >= 0.6 is 0 Å². The van der Waals surface area contributed by atoms with Gasteiger partial charge >= 0.3 is 0 Å². The SMILES string of the molecule is [C-]#[N+]c1cccc2c1c1ccccc1n2-c1cccc(-c2cccc(-n3c4ccccc4c4cc(-n5c6ccccc6c6ccccc65)ccc43)c2)c1C#N. The first-order valence-electron chi connectivity index (χ1n) is 18.3. The molecule has 0 aliphatic heterocycles. The molecule has 0 saturated heterocycles. The molecular weight excluding hydrogens is 671 g/mol. The van der Waals surface area contributed by atoms with Crippen molar-refractivity contribution in [3.05, 3.63) is 193 Å². The third-order valence-corrected chi connectivity index (χ3v) is 11.1. The van der Waals surface area contributed by atoms with E-state index < -0.39 is 0 Å². The van der Waals surface area contributed by atoms with Crippen LogP contribution in [0.3, 0.4) is 0 Å². The lowest BCUT2D eigenvalue weighted by atomic mass is 9.98. The van der Waals surface area contributed by atoms with Crippen molar-refractivity contribution in [2.75, 3.05) is 0 Å². The first kappa shape index (κ1) is 30.7. The predicted molar refractivity (Wildman–Crippen MR) is 226 cm³/mol. The molecule has 5 heteroatoms. The molecule has 0 aliphatic carbocycles. The molecule has 11 aromatic rings. The topological polar surface area (TPSA) is 42.9 Å². The number of nitrogens with zero attached hydrogens (tertiary/aromatic N) is 5. The molecule has 3 heterocycles. The molecule has 0 atom stereocenters. The van der Waals surface area contributed by atoms with Crippen LogP contribution in [0.15, 0.2) is 176 Å². The molecule has 254 valence electrons. The van der Waals surface area contributed by atoms with E-state index in [1.54, 1.807) is 0 Å². The quantitative estimate of drug-likeness (QED) is 0.169. The Labute approximate surface area is 316 Å². The number of rotatable bonds is 4. The molecule has 0 unspecified atom stereocenters. The van der Waals surface area contributed by atoms with Crippen molar-refractivity contribution in [3.63, 3.8) is 0 Å². The number of nitriles is 1. The number of fused-ring (bicyclic) bond motifs is 9. The highest BCUT2D eigenvalue weighted by Crippen LogP contribution is 2.41. The lowest BCUT2D eigenvalue weighted by Gasteiger charge is -2.15. The summed E-state index contributed by atoms with van der Waals surface area (Å²) in [4.78, 5) is 3.85. The minimum absolute atomic E-state index is 0.577. The maximum Gasteiger partial charge on any atom is 0.197 e. The molecule has 0 bridgehead atoms. The molecule has 0 aliphatic rings. The molecule has 5 nitrogen and oxygen atoms in total. The lowest BCUT2D eigenvalue weighted by molar-refractivity contribution is 1.16. The van der Waals surface area contributed by atoms with E-state index in [9.17, 15) is 5.26 Å². The Bertz CT molecular complexity index is 3420. The Hall–Kier alpha value is -7.86. The van der Waals surface area contributed by atoms with E-state index in [1.807, 2.05) is 48.5 Å². The van der Waals surface area contributed by atoms with Crippen LogP contribution in [0.2, 0.25) is 0 Å². The van der Waals surface area contributed by atoms with Crippen LogP contribution in [0.4, 0.5) is 5.69 Å². The van der Waals surface area contributed by atoms with Crippen LogP contribution in [0, 0.1) is 17.9 Å². The Morgan fingerprint density at radius 1 is 0.436 bits per heavy atom. The van der Waals surface area contributed by atoms with Gasteiger partial charge in [0.15, 0.2) is 5.69 Å². The molecule has 0 fully saturated rings. The van der Waals surface area contributed by atoms with E-state index in [1.165, 1.54) is 32.6 Å². The largest absolute Gasteiger partial charge is 0.309 e. The van der Waals surface area contributed by atoms with Crippen LogP contribution < -0.4 is 0 Å². The van der Waals surface area contributed by atoms with Gasteiger partial charge in [-0.3, -0.25) is 0 Å². The second-order valence-corrected chi connectivity index (χ2v) is 13.9. The fourth-order valence-electron chi connectivity index (χ4n) is 8.83. The van der Waals surface area contributed by atoms with Crippen molar-refractivity contribution < 1.29 is 0 Å². The molecule has 8 aromatic carbocycles. The summed E-state index contributed by atoms with van der Waals surface area (Å²) in [6.45, 7) is 7.88. The zero-order valence-electron chi connectivity index (χ0n) is 29.5. The van der Waals surface area contributed by atoms with E-state index in [0.29, 0.717) is 11.3 Å². The Balaban J connectivity index is 1.10. The molecule has 11 rings (SSSR count). The summed E-state index contributed by atoms with van der Waals surface area (Å²) in [5, 5.41) is 17.6. The van der Waals surface area contributed by atoms with Gasteiger partial charge in [0.25, 0.3) is 0 Å². The van der Waals surface area contributed by atoms with Gasteiger partial charge in [-0.05, 0) is 77.7 Å². The summed E-state index contributed by atoms with van der Waals surface area (Å²) in [7, 11) is 0. The second-order valence-electron chi connectivity index (χ2n) is 13.9. The Morgan fingerprint density at radius 2 is 0.964 bits per heavy atom. The summed E-state index contributed by atoms with van der Waals surface area (Å²) in [6, 6.07) is 63.7. The van der Waals surface area contributed by atoms with E-state index >= 15 is 0 Å². The van der Waals surface area contributed by atoms with Crippen molar-refractivity contribution in [2.45, 2.75) is 0 Å². The third-order valence-electron chi connectivity index (χ3n) is 11.1. The van der Waals surface area contributed by atoms with E-state index in [0.717, 1.165) is 61.0 Å². The summed E-state index contributed by atoms with van der Waals surface area (Å²) in [6.07, 6.45) is 0. The molecule has 0 N–H and O–H groups in total. The monoisotopic (exact) mass is 699 g/mol. The zero-order chi connectivity index (χ0) is 36.6. The fraction of sp³-hybridized carbons (Fsp3) is 0. The standard InChI is InChI=1S/C50H29N5/c1-52-42-20-12-26-49-50(42)39-18-5-9-24-46(39)55(49)47-25-11-19-35(41(47)31-51)32-13-10-14-33(29-32)53-45-23-8-4-17-38(45)40-30-34(27-28-48(40)53)54-43-21-6-2-15-36(43)37-16-3-7-22-44(37)54/h2-30H. The second kappa shape index (κ2) is 11.8. The summed E-state index contributed by atoms with van der Waals surface area (Å²) in [5.41, 5.74) is 12.4. The Morgan fingerprint density at radius 3 is 1.62 bits per heavy atom. The molecule has 0 spiro atoms. The van der Waals surface area contributed by atoms with Crippen molar-refractivity contribution in [3.8, 4) is 34.3 Å². The van der Waals surface area contributed by atoms with E-state index in [-0.39, 0.29) is 0 Å². The molecular formula is C50H29N5. The van der Waals surface area contributed by atoms with E-state index in [2.05, 4.69) is 152 Å². The summed E-state index contributed by atoms with van der Waals surface area (Å²) >= 11 is 0. The van der Waals surface area contributed by atoms with Gasteiger partial charge in [0.2, 0.25) is 0 Å². The molecule has 55 heavy (non-hydrogen) atoms. The number of hydrogen-bond acceptors (Lipinski definition) is 1. The molecule has 0 amide bonds. The van der Waals surface area contributed by atoms with Gasteiger partial charge in [-0.15, -0.1) is 0 Å². The lowest BCUT2D eigenvalue weighted by Crippen LogP contribution is -2.00.